The van der Waals surface area contributed by atoms with Crippen LogP contribution in [0.2, 0.25) is 0 Å². The molecule has 2 saturated heterocycles. The molecule has 2 heterocycles. The van der Waals surface area contributed by atoms with Crippen LogP contribution in [0.4, 0.5) is 0 Å². The molecule has 0 aromatic rings. The number of nitrogens with zero attached hydrogens (tertiary/aromatic N) is 2. The molecular formula is C14H29N3. The number of nitrogens with two attached hydrogens (primary N) is 1. The minimum absolute atomic E-state index is 0.664. The number of hydrogen-bond acceptors (Lipinski definition) is 3. The minimum Gasteiger partial charge on any atom is -0.330 e. The molecule has 3 atom stereocenters. The highest BCUT2D eigenvalue weighted by Crippen LogP contribution is 2.29. The number of likely N-dealkylation sites (tertiary alicyclic amines) is 1. The Kier molecular flexibility index (Phi) is 4.45. The van der Waals surface area contributed by atoms with Crippen molar-refractivity contribution in [3.63, 3.8) is 0 Å². The Bertz CT molecular complexity index is 242. The lowest BCUT2D eigenvalue weighted by molar-refractivity contribution is 0.182. The molecule has 0 aromatic carbocycles. The Morgan fingerprint density at radius 3 is 2.53 bits per heavy atom. The van der Waals surface area contributed by atoms with E-state index in [-0.39, 0.29) is 0 Å². The second-order valence-electron chi connectivity index (χ2n) is 6.34. The summed E-state index contributed by atoms with van der Waals surface area (Å²) in [6.07, 6.45) is 4.16. The van der Waals surface area contributed by atoms with Gasteiger partial charge >= 0.3 is 0 Å². The van der Waals surface area contributed by atoms with Gasteiger partial charge in [-0.2, -0.15) is 0 Å². The van der Waals surface area contributed by atoms with Gasteiger partial charge in [0.15, 0.2) is 0 Å². The van der Waals surface area contributed by atoms with Gasteiger partial charge in [0.2, 0.25) is 0 Å². The van der Waals surface area contributed by atoms with Gasteiger partial charge in [0, 0.05) is 25.2 Å². The summed E-state index contributed by atoms with van der Waals surface area (Å²) < 4.78 is 0. The van der Waals surface area contributed by atoms with Crippen molar-refractivity contribution in [2.75, 3.05) is 33.2 Å². The zero-order valence-corrected chi connectivity index (χ0v) is 11.7. The van der Waals surface area contributed by atoms with Crippen LogP contribution in [-0.4, -0.2) is 55.1 Å². The van der Waals surface area contributed by atoms with Crippen LogP contribution in [-0.2, 0) is 0 Å². The molecule has 2 fully saturated rings. The standard InChI is InChI=1S/C14H29N3/c1-11(2)12(8-15)9-17-7-6-13-4-5-14(10-17)16(13)3/h11-14H,4-10,15H2,1-3H3. The number of rotatable bonds is 4. The first-order chi connectivity index (χ1) is 8.11. The van der Waals surface area contributed by atoms with Gasteiger partial charge in [0.05, 0.1) is 0 Å². The van der Waals surface area contributed by atoms with Gasteiger partial charge in [0.25, 0.3) is 0 Å². The topological polar surface area (TPSA) is 32.5 Å². The smallest absolute Gasteiger partial charge is 0.0223 e. The molecule has 2 bridgehead atoms. The summed E-state index contributed by atoms with van der Waals surface area (Å²) >= 11 is 0. The van der Waals surface area contributed by atoms with Crippen LogP contribution >= 0.6 is 0 Å². The van der Waals surface area contributed by atoms with E-state index in [0.717, 1.165) is 18.6 Å². The Hall–Kier alpha value is -0.120. The van der Waals surface area contributed by atoms with Gasteiger partial charge in [0.1, 0.15) is 0 Å². The van der Waals surface area contributed by atoms with Gasteiger partial charge < -0.3 is 10.6 Å². The van der Waals surface area contributed by atoms with E-state index in [1.165, 1.54) is 38.9 Å². The Morgan fingerprint density at radius 1 is 1.18 bits per heavy atom. The fraction of sp³-hybridized carbons (Fsp3) is 1.00. The number of fused-ring (bicyclic) bond motifs is 2. The number of hydrogen-bond donors (Lipinski definition) is 1. The molecule has 100 valence electrons. The van der Waals surface area contributed by atoms with Crippen molar-refractivity contribution < 1.29 is 0 Å². The van der Waals surface area contributed by atoms with Gasteiger partial charge in [-0.05, 0) is 51.2 Å². The number of likely N-dealkylation sites (N-methyl/N-ethyl adjacent to an activating group) is 1. The average Bonchev–Trinajstić information content (AvgIpc) is 2.52. The molecule has 2 N–H and O–H groups in total. The first-order valence-electron chi connectivity index (χ1n) is 7.26. The van der Waals surface area contributed by atoms with Crippen LogP contribution < -0.4 is 5.73 Å². The van der Waals surface area contributed by atoms with Gasteiger partial charge in [-0.1, -0.05) is 13.8 Å². The van der Waals surface area contributed by atoms with E-state index < -0.39 is 0 Å². The van der Waals surface area contributed by atoms with E-state index in [1.807, 2.05) is 0 Å². The highest BCUT2D eigenvalue weighted by Gasteiger charge is 2.35. The predicted octanol–water partition coefficient (Wildman–Crippen LogP) is 1.39. The van der Waals surface area contributed by atoms with E-state index >= 15 is 0 Å². The minimum atomic E-state index is 0.664. The molecule has 0 aromatic heterocycles. The van der Waals surface area contributed by atoms with Crippen molar-refractivity contribution in [2.24, 2.45) is 17.6 Å². The molecular weight excluding hydrogens is 210 g/mol. The van der Waals surface area contributed by atoms with E-state index in [1.54, 1.807) is 0 Å². The van der Waals surface area contributed by atoms with Crippen LogP contribution in [0.1, 0.15) is 33.1 Å². The van der Waals surface area contributed by atoms with E-state index in [9.17, 15) is 0 Å². The maximum Gasteiger partial charge on any atom is 0.0223 e. The first kappa shape index (κ1) is 13.3. The van der Waals surface area contributed by atoms with Crippen LogP contribution in [0.25, 0.3) is 0 Å². The monoisotopic (exact) mass is 239 g/mol. The molecule has 3 unspecified atom stereocenters. The molecule has 3 nitrogen and oxygen atoms in total. The summed E-state index contributed by atoms with van der Waals surface area (Å²) in [5.41, 5.74) is 5.90. The third kappa shape index (κ3) is 3.01. The van der Waals surface area contributed by atoms with Gasteiger partial charge in [-0.25, -0.2) is 0 Å². The second kappa shape index (κ2) is 5.68. The fourth-order valence-corrected chi connectivity index (χ4v) is 3.43. The lowest BCUT2D eigenvalue weighted by Gasteiger charge is -2.30. The lowest BCUT2D eigenvalue weighted by atomic mass is 9.95. The average molecular weight is 239 g/mol. The van der Waals surface area contributed by atoms with Crippen LogP contribution in [0.3, 0.4) is 0 Å². The van der Waals surface area contributed by atoms with E-state index in [0.29, 0.717) is 11.8 Å². The SMILES string of the molecule is CC(C)C(CN)CN1CCC2CCC(C1)N2C. The van der Waals surface area contributed by atoms with Crippen molar-refractivity contribution >= 4 is 0 Å². The fourth-order valence-electron chi connectivity index (χ4n) is 3.43. The zero-order valence-electron chi connectivity index (χ0n) is 11.7. The van der Waals surface area contributed by atoms with E-state index in [2.05, 4.69) is 30.7 Å². The second-order valence-corrected chi connectivity index (χ2v) is 6.34. The predicted molar refractivity (Wildman–Crippen MR) is 73.0 cm³/mol. The maximum atomic E-state index is 5.90. The zero-order chi connectivity index (χ0) is 12.4. The molecule has 3 heteroatoms. The molecule has 17 heavy (non-hydrogen) atoms. The van der Waals surface area contributed by atoms with Crippen molar-refractivity contribution in [3.05, 3.63) is 0 Å². The molecule has 0 spiro atoms. The molecule has 0 saturated carbocycles. The normalized spacial score (nSPS) is 33.0. The summed E-state index contributed by atoms with van der Waals surface area (Å²) in [5, 5.41) is 0. The quantitative estimate of drug-likeness (QED) is 0.804. The Labute approximate surface area is 106 Å². The van der Waals surface area contributed by atoms with Crippen LogP contribution in [0, 0.1) is 11.8 Å². The lowest BCUT2D eigenvalue weighted by Crippen LogP contribution is -2.41. The van der Waals surface area contributed by atoms with Crippen molar-refractivity contribution in [3.8, 4) is 0 Å². The third-order valence-corrected chi connectivity index (χ3v) is 4.97. The summed E-state index contributed by atoms with van der Waals surface area (Å²) in [4.78, 5) is 5.28. The summed E-state index contributed by atoms with van der Waals surface area (Å²) in [5.74, 6) is 1.37. The third-order valence-electron chi connectivity index (χ3n) is 4.97. The summed E-state index contributed by atoms with van der Waals surface area (Å²) in [6, 6.07) is 1.65. The van der Waals surface area contributed by atoms with Crippen LogP contribution in [0.15, 0.2) is 0 Å². The molecule has 0 aliphatic carbocycles. The highest BCUT2D eigenvalue weighted by molar-refractivity contribution is 4.91. The first-order valence-corrected chi connectivity index (χ1v) is 7.26. The molecule has 0 radical (unpaired) electrons. The van der Waals surface area contributed by atoms with Crippen molar-refractivity contribution in [2.45, 2.75) is 45.2 Å². The van der Waals surface area contributed by atoms with Gasteiger partial charge in [-0.15, -0.1) is 0 Å². The molecule has 2 aliphatic rings. The Morgan fingerprint density at radius 2 is 1.88 bits per heavy atom. The van der Waals surface area contributed by atoms with Crippen molar-refractivity contribution in [1.82, 2.24) is 9.80 Å². The maximum absolute atomic E-state index is 5.90. The molecule has 0 amide bonds. The van der Waals surface area contributed by atoms with Crippen molar-refractivity contribution in [1.29, 1.82) is 0 Å². The van der Waals surface area contributed by atoms with E-state index in [4.69, 9.17) is 5.73 Å². The summed E-state index contributed by atoms with van der Waals surface area (Å²) in [6.45, 7) is 9.16. The summed E-state index contributed by atoms with van der Waals surface area (Å²) in [7, 11) is 2.31. The van der Waals surface area contributed by atoms with Gasteiger partial charge in [-0.3, -0.25) is 4.90 Å². The highest BCUT2D eigenvalue weighted by atomic mass is 15.3. The van der Waals surface area contributed by atoms with Crippen LogP contribution in [0.5, 0.6) is 0 Å². The molecule has 2 rings (SSSR count). The largest absolute Gasteiger partial charge is 0.330 e. The molecule has 2 aliphatic heterocycles. The Balaban J connectivity index is 1.90.